The Hall–Kier alpha value is -1.07. The molecule has 1 unspecified atom stereocenters. The summed E-state index contributed by atoms with van der Waals surface area (Å²) in [7, 11) is 1.63. The zero-order valence-electron chi connectivity index (χ0n) is 10.7. The van der Waals surface area contributed by atoms with Gasteiger partial charge in [-0.1, -0.05) is 22.0 Å². The fraction of sp³-hybridized carbons (Fsp3) is 0.462. The highest BCUT2D eigenvalue weighted by Crippen LogP contribution is 2.27. The summed E-state index contributed by atoms with van der Waals surface area (Å²) in [4.78, 5) is 11.1. The number of ether oxygens (including phenoxy) is 1. The summed E-state index contributed by atoms with van der Waals surface area (Å²) in [6, 6.07) is 5.71. The van der Waals surface area contributed by atoms with E-state index in [2.05, 4.69) is 21.2 Å². The van der Waals surface area contributed by atoms with Crippen molar-refractivity contribution in [2.45, 2.75) is 25.8 Å². The maximum absolute atomic E-state index is 11.1. The molecular formula is C13H19BrN2O2. The lowest BCUT2D eigenvalue weighted by Gasteiger charge is -2.14. The zero-order chi connectivity index (χ0) is 13.5. The van der Waals surface area contributed by atoms with Gasteiger partial charge in [0.2, 0.25) is 5.91 Å². The van der Waals surface area contributed by atoms with Crippen LogP contribution in [0.15, 0.2) is 22.7 Å². The third kappa shape index (κ3) is 4.66. The summed E-state index contributed by atoms with van der Waals surface area (Å²) >= 11 is 3.40. The van der Waals surface area contributed by atoms with E-state index in [1.54, 1.807) is 7.05 Å². The first-order valence-corrected chi connectivity index (χ1v) is 6.72. The van der Waals surface area contributed by atoms with Crippen LogP contribution in [-0.4, -0.2) is 19.6 Å². The predicted octanol–water partition coefficient (Wildman–Crippen LogP) is 2.37. The lowest BCUT2D eigenvalue weighted by atomic mass is 10.1. The molecule has 0 heterocycles. The third-order valence-electron chi connectivity index (χ3n) is 2.55. The second-order valence-corrected chi connectivity index (χ2v) is 5.01. The predicted molar refractivity (Wildman–Crippen MR) is 75.5 cm³/mol. The molecule has 0 aliphatic carbocycles. The van der Waals surface area contributed by atoms with E-state index < -0.39 is 0 Å². The number of hydrogen-bond acceptors (Lipinski definition) is 3. The van der Waals surface area contributed by atoms with Crippen LogP contribution in [0.3, 0.4) is 0 Å². The first-order chi connectivity index (χ1) is 8.54. The molecule has 0 spiro atoms. The first-order valence-electron chi connectivity index (χ1n) is 5.93. The average molecular weight is 315 g/mol. The van der Waals surface area contributed by atoms with Crippen molar-refractivity contribution in [2.24, 2.45) is 5.73 Å². The van der Waals surface area contributed by atoms with Gasteiger partial charge in [-0.2, -0.15) is 0 Å². The molecule has 1 rings (SSSR count). The fourth-order valence-electron chi connectivity index (χ4n) is 1.55. The molecule has 0 radical (unpaired) electrons. The van der Waals surface area contributed by atoms with Crippen molar-refractivity contribution in [1.29, 1.82) is 0 Å². The molecule has 0 bridgehead atoms. The van der Waals surface area contributed by atoms with E-state index in [1.165, 1.54) is 0 Å². The van der Waals surface area contributed by atoms with Crippen molar-refractivity contribution in [3.05, 3.63) is 28.2 Å². The fourth-order valence-corrected chi connectivity index (χ4v) is 1.89. The number of carbonyl (C=O) groups excluding carboxylic acids is 1. The highest BCUT2D eigenvalue weighted by atomic mass is 79.9. The van der Waals surface area contributed by atoms with Crippen LogP contribution in [0, 0.1) is 0 Å². The Morgan fingerprint density at radius 1 is 1.56 bits per heavy atom. The summed E-state index contributed by atoms with van der Waals surface area (Å²) in [5.74, 6) is 0.802. The maximum Gasteiger partial charge on any atom is 0.219 e. The summed E-state index contributed by atoms with van der Waals surface area (Å²) < 4.78 is 6.64. The van der Waals surface area contributed by atoms with Crippen molar-refractivity contribution in [3.63, 3.8) is 0 Å². The Kier molecular flexibility index (Phi) is 6.15. The number of nitrogens with two attached hydrogens (primary N) is 1. The van der Waals surface area contributed by atoms with Crippen LogP contribution in [0.1, 0.15) is 31.4 Å². The molecule has 100 valence electrons. The molecule has 1 aromatic carbocycles. The van der Waals surface area contributed by atoms with Crippen LogP contribution in [0.2, 0.25) is 0 Å². The molecule has 1 aromatic rings. The molecular weight excluding hydrogens is 296 g/mol. The normalized spacial score (nSPS) is 12.0. The Morgan fingerprint density at radius 3 is 2.89 bits per heavy atom. The van der Waals surface area contributed by atoms with Gasteiger partial charge in [-0.15, -0.1) is 0 Å². The van der Waals surface area contributed by atoms with Gasteiger partial charge in [-0.05, 0) is 25.5 Å². The minimum Gasteiger partial charge on any atom is -0.493 e. The summed E-state index contributed by atoms with van der Waals surface area (Å²) in [6.07, 6.45) is 1.16. The quantitative estimate of drug-likeness (QED) is 0.792. The van der Waals surface area contributed by atoms with Gasteiger partial charge in [-0.3, -0.25) is 4.79 Å². The molecule has 1 amide bonds. The van der Waals surface area contributed by atoms with Crippen LogP contribution < -0.4 is 15.8 Å². The number of benzene rings is 1. The number of amides is 1. The number of nitrogens with one attached hydrogen (secondary N) is 1. The van der Waals surface area contributed by atoms with E-state index in [1.807, 2.05) is 25.1 Å². The molecule has 1 atom stereocenters. The Morgan fingerprint density at radius 2 is 2.28 bits per heavy atom. The number of carbonyl (C=O) groups is 1. The van der Waals surface area contributed by atoms with E-state index >= 15 is 0 Å². The molecule has 0 aromatic heterocycles. The van der Waals surface area contributed by atoms with Crippen molar-refractivity contribution < 1.29 is 9.53 Å². The molecule has 0 aliphatic rings. The van der Waals surface area contributed by atoms with E-state index in [-0.39, 0.29) is 11.9 Å². The monoisotopic (exact) mass is 314 g/mol. The smallest absolute Gasteiger partial charge is 0.219 e. The van der Waals surface area contributed by atoms with Crippen LogP contribution in [0.25, 0.3) is 0 Å². The number of hydrogen-bond donors (Lipinski definition) is 2. The van der Waals surface area contributed by atoms with Crippen molar-refractivity contribution >= 4 is 21.8 Å². The molecule has 0 fully saturated rings. The topological polar surface area (TPSA) is 64.3 Å². The Balaban J connectivity index is 2.55. The number of halogens is 1. The lowest BCUT2D eigenvalue weighted by molar-refractivity contribution is -0.120. The third-order valence-corrected chi connectivity index (χ3v) is 3.04. The van der Waals surface area contributed by atoms with Gasteiger partial charge in [0.05, 0.1) is 6.61 Å². The standard InChI is InChI=1S/C13H19BrN2O2/c1-9(15)11-6-5-10(14)8-12(11)18-7-3-4-13(17)16-2/h5-6,8-9H,3-4,7,15H2,1-2H3,(H,16,17). The molecule has 0 aliphatic heterocycles. The first kappa shape index (κ1) is 15.0. The molecule has 4 nitrogen and oxygen atoms in total. The van der Waals surface area contributed by atoms with Gasteiger partial charge in [0.25, 0.3) is 0 Å². The molecule has 0 saturated carbocycles. The van der Waals surface area contributed by atoms with Gasteiger partial charge in [0.15, 0.2) is 0 Å². The minimum absolute atomic E-state index is 0.0280. The van der Waals surface area contributed by atoms with Crippen LogP contribution in [0.5, 0.6) is 5.75 Å². The van der Waals surface area contributed by atoms with Crippen molar-refractivity contribution in [3.8, 4) is 5.75 Å². The Labute approximate surface area is 116 Å². The van der Waals surface area contributed by atoms with Gasteiger partial charge >= 0.3 is 0 Å². The second kappa shape index (κ2) is 7.38. The average Bonchev–Trinajstić information content (AvgIpc) is 2.34. The Bertz CT molecular complexity index is 408. The van der Waals surface area contributed by atoms with E-state index in [0.717, 1.165) is 15.8 Å². The van der Waals surface area contributed by atoms with Gasteiger partial charge in [0, 0.05) is 29.5 Å². The largest absolute Gasteiger partial charge is 0.493 e. The van der Waals surface area contributed by atoms with Crippen molar-refractivity contribution in [2.75, 3.05) is 13.7 Å². The summed E-state index contributed by atoms with van der Waals surface area (Å²) in [6.45, 7) is 2.42. The highest BCUT2D eigenvalue weighted by molar-refractivity contribution is 9.10. The van der Waals surface area contributed by atoms with Gasteiger partial charge in [-0.25, -0.2) is 0 Å². The summed E-state index contributed by atoms with van der Waals surface area (Å²) in [5, 5.41) is 2.58. The van der Waals surface area contributed by atoms with Crippen LogP contribution in [-0.2, 0) is 4.79 Å². The highest BCUT2D eigenvalue weighted by Gasteiger charge is 2.08. The zero-order valence-corrected chi connectivity index (χ0v) is 12.3. The maximum atomic E-state index is 11.1. The van der Waals surface area contributed by atoms with E-state index in [0.29, 0.717) is 19.4 Å². The van der Waals surface area contributed by atoms with E-state index in [9.17, 15) is 4.79 Å². The van der Waals surface area contributed by atoms with E-state index in [4.69, 9.17) is 10.5 Å². The van der Waals surface area contributed by atoms with Gasteiger partial charge < -0.3 is 15.8 Å². The summed E-state index contributed by atoms with van der Waals surface area (Å²) in [5.41, 5.74) is 6.85. The van der Waals surface area contributed by atoms with Crippen LogP contribution in [0.4, 0.5) is 0 Å². The minimum atomic E-state index is -0.0768. The van der Waals surface area contributed by atoms with Crippen molar-refractivity contribution in [1.82, 2.24) is 5.32 Å². The molecule has 3 N–H and O–H groups in total. The molecule has 18 heavy (non-hydrogen) atoms. The van der Waals surface area contributed by atoms with Crippen LogP contribution >= 0.6 is 15.9 Å². The van der Waals surface area contributed by atoms with Gasteiger partial charge in [0.1, 0.15) is 5.75 Å². The lowest BCUT2D eigenvalue weighted by Crippen LogP contribution is -2.18. The number of rotatable bonds is 6. The second-order valence-electron chi connectivity index (χ2n) is 4.10. The molecule has 5 heteroatoms. The SMILES string of the molecule is CNC(=O)CCCOc1cc(Br)ccc1C(C)N. The molecule has 0 saturated heterocycles.